The summed E-state index contributed by atoms with van der Waals surface area (Å²) in [5.74, 6) is -1.19. The van der Waals surface area contributed by atoms with Crippen LogP contribution in [0.2, 0.25) is 10.0 Å². The Balaban J connectivity index is 1.62. The Hall–Kier alpha value is -2.97. The third kappa shape index (κ3) is 4.33. The van der Waals surface area contributed by atoms with E-state index in [9.17, 15) is 14.0 Å². The molecule has 0 bridgehead atoms. The van der Waals surface area contributed by atoms with Crippen LogP contribution in [0, 0.1) is 5.82 Å². The predicted molar refractivity (Wildman–Crippen MR) is 120 cm³/mol. The van der Waals surface area contributed by atoms with Gasteiger partial charge in [0.05, 0.1) is 33.2 Å². The third-order valence-electron chi connectivity index (χ3n) is 5.13. The molecule has 10 heteroatoms. The largest absolute Gasteiger partial charge is 0.461 e. The average Bonchev–Trinajstić information content (AvgIpc) is 2.79. The van der Waals surface area contributed by atoms with Crippen LogP contribution in [0.5, 0.6) is 0 Å². The number of nitrogens with zero attached hydrogens (tertiary/aromatic N) is 4. The Labute approximate surface area is 193 Å². The van der Waals surface area contributed by atoms with E-state index in [0.717, 1.165) is 0 Å². The summed E-state index contributed by atoms with van der Waals surface area (Å²) < 4.78 is 19.2. The van der Waals surface area contributed by atoms with Crippen LogP contribution in [0.25, 0.3) is 11.0 Å². The van der Waals surface area contributed by atoms with Gasteiger partial charge in [-0.05, 0) is 31.2 Å². The number of amides is 1. The van der Waals surface area contributed by atoms with Gasteiger partial charge in [0.2, 0.25) is 0 Å². The number of carbonyl (C=O) groups excluding carboxylic acids is 2. The first kappa shape index (κ1) is 22.2. The van der Waals surface area contributed by atoms with Crippen LogP contribution in [-0.4, -0.2) is 59.5 Å². The molecule has 1 saturated heterocycles. The molecule has 4 rings (SSSR count). The van der Waals surface area contributed by atoms with Gasteiger partial charge in [-0.1, -0.05) is 35.3 Å². The number of carbonyl (C=O) groups is 2. The van der Waals surface area contributed by atoms with Crippen molar-refractivity contribution in [1.29, 1.82) is 0 Å². The molecule has 0 spiro atoms. The summed E-state index contributed by atoms with van der Waals surface area (Å²) in [7, 11) is 0. The molecule has 2 aromatic carbocycles. The zero-order valence-corrected chi connectivity index (χ0v) is 18.7. The van der Waals surface area contributed by atoms with E-state index in [1.807, 2.05) is 4.90 Å². The zero-order valence-electron chi connectivity index (χ0n) is 17.1. The van der Waals surface area contributed by atoms with Crippen LogP contribution in [0.15, 0.2) is 36.4 Å². The Morgan fingerprint density at radius 1 is 1.03 bits per heavy atom. The fourth-order valence-electron chi connectivity index (χ4n) is 3.53. The monoisotopic (exact) mass is 476 g/mol. The van der Waals surface area contributed by atoms with Crippen molar-refractivity contribution in [3.05, 3.63) is 63.5 Å². The second-order valence-electron chi connectivity index (χ2n) is 7.13. The van der Waals surface area contributed by atoms with Crippen molar-refractivity contribution in [2.24, 2.45) is 0 Å². The number of anilines is 1. The number of rotatable bonds is 4. The molecule has 7 nitrogen and oxygen atoms in total. The van der Waals surface area contributed by atoms with E-state index in [2.05, 4.69) is 9.97 Å². The van der Waals surface area contributed by atoms with Crippen molar-refractivity contribution in [1.82, 2.24) is 14.9 Å². The van der Waals surface area contributed by atoms with Gasteiger partial charge in [0.25, 0.3) is 5.91 Å². The summed E-state index contributed by atoms with van der Waals surface area (Å²) in [6, 6.07) is 9.02. The van der Waals surface area contributed by atoms with Crippen LogP contribution in [0.3, 0.4) is 0 Å². The quantitative estimate of drug-likeness (QED) is 0.524. The predicted octanol–water partition coefficient (Wildman–Crippen LogP) is 4.21. The number of hydrogen-bond donors (Lipinski definition) is 0. The fourth-order valence-corrected chi connectivity index (χ4v) is 3.84. The Kier molecular flexibility index (Phi) is 6.43. The second kappa shape index (κ2) is 9.26. The van der Waals surface area contributed by atoms with E-state index in [1.165, 1.54) is 12.1 Å². The van der Waals surface area contributed by atoms with Crippen molar-refractivity contribution >= 4 is 51.9 Å². The standard InChI is InChI=1S/C22H19Cl2FN4O3/c1-2-32-22(31)19-20(27-18-12-15(24)14(23)11-17(18)26-19)28-7-9-29(10-8-28)21(30)13-5-3-4-6-16(13)25/h3-6,11-12H,2,7-10H2,1H3. The van der Waals surface area contributed by atoms with Gasteiger partial charge in [-0.25, -0.2) is 19.2 Å². The summed E-state index contributed by atoms with van der Waals surface area (Å²) in [6.07, 6.45) is 0. The van der Waals surface area contributed by atoms with Crippen LogP contribution in [-0.2, 0) is 4.74 Å². The second-order valence-corrected chi connectivity index (χ2v) is 7.94. The van der Waals surface area contributed by atoms with Crippen LogP contribution >= 0.6 is 23.2 Å². The molecule has 1 fully saturated rings. The van der Waals surface area contributed by atoms with Crippen molar-refractivity contribution in [3.63, 3.8) is 0 Å². The molecular weight excluding hydrogens is 458 g/mol. The minimum Gasteiger partial charge on any atom is -0.461 e. The zero-order chi connectivity index (χ0) is 22.8. The van der Waals surface area contributed by atoms with Gasteiger partial charge in [-0.15, -0.1) is 0 Å². The van der Waals surface area contributed by atoms with Crippen LogP contribution in [0.4, 0.5) is 10.2 Å². The Morgan fingerprint density at radius 3 is 2.28 bits per heavy atom. The van der Waals surface area contributed by atoms with E-state index in [1.54, 1.807) is 36.1 Å². The van der Waals surface area contributed by atoms with E-state index in [4.69, 9.17) is 27.9 Å². The number of piperazine rings is 1. The van der Waals surface area contributed by atoms with Gasteiger partial charge in [-0.3, -0.25) is 4.79 Å². The summed E-state index contributed by atoms with van der Waals surface area (Å²) in [5, 5.41) is 0.625. The summed E-state index contributed by atoms with van der Waals surface area (Å²) in [5.41, 5.74) is 0.990. The van der Waals surface area contributed by atoms with Gasteiger partial charge in [-0.2, -0.15) is 0 Å². The maximum Gasteiger partial charge on any atom is 0.360 e. The van der Waals surface area contributed by atoms with Gasteiger partial charge in [0, 0.05) is 26.2 Å². The highest BCUT2D eigenvalue weighted by Crippen LogP contribution is 2.29. The van der Waals surface area contributed by atoms with Crippen molar-refractivity contribution < 1.29 is 18.7 Å². The van der Waals surface area contributed by atoms with Crippen molar-refractivity contribution in [2.75, 3.05) is 37.7 Å². The lowest BCUT2D eigenvalue weighted by Gasteiger charge is -2.36. The Bertz CT molecular complexity index is 1200. The molecule has 1 amide bonds. The van der Waals surface area contributed by atoms with Crippen LogP contribution < -0.4 is 4.90 Å². The molecular formula is C22H19Cl2FN4O3. The molecule has 0 saturated carbocycles. The molecule has 0 unspecified atom stereocenters. The molecule has 0 N–H and O–H groups in total. The maximum atomic E-state index is 14.0. The first-order valence-corrected chi connectivity index (χ1v) is 10.8. The third-order valence-corrected chi connectivity index (χ3v) is 5.85. The fraction of sp³-hybridized carbons (Fsp3) is 0.273. The van der Waals surface area contributed by atoms with E-state index in [-0.39, 0.29) is 23.8 Å². The summed E-state index contributed by atoms with van der Waals surface area (Å²) >= 11 is 12.2. The minimum absolute atomic E-state index is 0.0326. The van der Waals surface area contributed by atoms with Crippen LogP contribution in [0.1, 0.15) is 27.8 Å². The number of fused-ring (bicyclic) bond motifs is 1. The lowest BCUT2D eigenvalue weighted by molar-refractivity contribution is 0.0519. The Morgan fingerprint density at radius 2 is 1.66 bits per heavy atom. The molecule has 1 aliphatic heterocycles. The molecule has 1 aromatic heterocycles. The first-order valence-electron chi connectivity index (χ1n) is 10.0. The lowest BCUT2D eigenvalue weighted by Crippen LogP contribution is -2.49. The lowest BCUT2D eigenvalue weighted by atomic mass is 10.1. The SMILES string of the molecule is CCOC(=O)c1nc2cc(Cl)c(Cl)cc2nc1N1CCN(C(=O)c2ccccc2F)CC1. The highest BCUT2D eigenvalue weighted by Gasteiger charge is 2.28. The number of ether oxygens (including phenoxy) is 1. The minimum atomic E-state index is -0.604. The van der Waals surface area contributed by atoms with Gasteiger partial charge < -0.3 is 14.5 Å². The summed E-state index contributed by atoms with van der Waals surface area (Å²) in [4.78, 5) is 37.8. The van der Waals surface area contributed by atoms with Gasteiger partial charge in [0.15, 0.2) is 11.5 Å². The molecule has 32 heavy (non-hydrogen) atoms. The first-order chi connectivity index (χ1) is 15.4. The van der Waals surface area contributed by atoms with Crippen molar-refractivity contribution in [2.45, 2.75) is 6.92 Å². The normalized spacial score (nSPS) is 14.0. The highest BCUT2D eigenvalue weighted by atomic mass is 35.5. The van der Waals surface area contributed by atoms with E-state index >= 15 is 0 Å². The molecule has 166 valence electrons. The molecule has 1 aliphatic rings. The number of hydrogen-bond acceptors (Lipinski definition) is 6. The van der Waals surface area contributed by atoms with E-state index in [0.29, 0.717) is 53.1 Å². The summed E-state index contributed by atoms with van der Waals surface area (Å²) in [6.45, 7) is 3.31. The van der Waals surface area contributed by atoms with Gasteiger partial charge >= 0.3 is 5.97 Å². The number of aromatic nitrogens is 2. The smallest absolute Gasteiger partial charge is 0.360 e. The van der Waals surface area contributed by atoms with Crippen molar-refractivity contribution in [3.8, 4) is 0 Å². The molecule has 0 atom stereocenters. The maximum absolute atomic E-state index is 14.0. The number of esters is 1. The number of benzene rings is 2. The molecule has 0 aliphatic carbocycles. The highest BCUT2D eigenvalue weighted by molar-refractivity contribution is 6.42. The molecule has 0 radical (unpaired) electrons. The average molecular weight is 477 g/mol. The molecule has 2 heterocycles. The van der Waals surface area contributed by atoms with E-state index < -0.39 is 11.8 Å². The number of halogens is 3. The van der Waals surface area contributed by atoms with Gasteiger partial charge in [0.1, 0.15) is 5.82 Å². The molecule has 3 aromatic rings. The topological polar surface area (TPSA) is 75.6 Å².